The first-order valence-electron chi connectivity index (χ1n) is 8.28. The van der Waals surface area contributed by atoms with Crippen molar-refractivity contribution in [1.29, 1.82) is 0 Å². The number of aliphatic hydroxyl groups excluding tert-OH is 1. The molecule has 1 aliphatic heterocycles. The lowest BCUT2D eigenvalue weighted by Crippen LogP contribution is -2.50. The van der Waals surface area contributed by atoms with Crippen LogP contribution in [0.4, 0.5) is 0 Å². The molecule has 3 heteroatoms. The molecule has 0 aromatic rings. The molecule has 112 valence electrons. The Hall–Kier alpha value is -0.120. The number of nitrogens with zero attached hydrogens (tertiary/aromatic N) is 1. The summed E-state index contributed by atoms with van der Waals surface area (Å²) >= 11 is 0. The van der Waals surface area contributed by atoms with Crippen LogP contribution in [-0.2, 0) is 4.74 Å². The fraction of sp³-hybridized carbons (Fsp3) is 1.00. The molecular formula is C16H31NO2. The summed E-state index contributed by atoms with van der Waals surface area (Å²) in [5.74, 6) is 0. The van der Waals surface area contributed by atoms with Crippen molar-refractivity contribution in [2.75, 3.05) is 26.3 Å². The van der Waals surface area contributed by atoms with Gasteiger partial charge in [-0.1, -0.05) is 32.6 Å². The summed E-state index contributed by atoms with van der Waals surface area (Å²) in [5.41, 5.74) is 0.182. The smallest absolute Gasteiger partial charge is 0.0697 e. The van der Waals surface area contributed by atoms with E-state index in [-0.39, 0.29) is 12.2 Å². The minimum Gasteiger partial charge on any atom is -0.395 e. The molecule has 3 nitrogen and oxygen atoms in total. The Morgan fingerprint density at radius 2 is 2.00 bits per heavy atom. The zero-order chi connectivity index (χ0) is 13.6. The molecule has 1 spiro atoms. The molecule has 2 fully saturated rings. The van der Waals surface area contributed by atoms with Gasteiger partial charge in [-0.2, -0.15) is 0 Å². The molecule has 0 aromatic carbocycles. The third-order valence-electron chi connectivity index (χ3n) is 4.93. The first-order chi connectivity index (χ1) is 9.29. The van der Waals surface area contributed by atoms with Crippen LogP contribution in [0.15, 0.2) is 0 Å². The number of ether oxygens (including phenoxy) is 1. The minimum atomic E-state index is 0.182. The molecule has 0 aromatic heterocycles. The number of unbranched alkanes of at least 4 members (excludes halogenated alkanes) is 1. The first-order valence-corrected chi connectivity index (χ1v) is 8.28. The molecule has 1 atom stereocenters. The Morgan fingerprint density at radius 1 is 1.21 bits per heavy atom. The summed E-state index contributed by atoms with van der Waals surface area (Å²) in [5, 5.41) is 9.30. The van der Waals surface area contributed by atoms with Crippen molar-refractivity contribution >= 4 is 0 Å². The van der Waals surface area contributed by atoms with Crippen LogP contribution >= 0.6 is 0 Å². The number of rotatable bonds is 6. The van der Waals surface area contributed by atoms with Gasteiger partial charge in [0.1, 0.15) is 0 Å². The maximum atomic E-state index is 9.30. The van der Waals surface area contributed by atoms with Crippen molar-refractivity contribution in [2.45, 2.75) is 76.4 Å². The van der Waals surface area contributed by atoms with Crippen molar-refractivity contribution in [1.82, 2.24) is 4.90 Å². The third-order valence-corrected chi connectivity index (χ3v) is 4.93. The van der Waals surface area contributed by atoms with Gasteiger partial charge in [0, 0.05) is 19.2 Å². The highest BCUT2D eigenvalue weighted by Gasteiger charge is 2.39. The van der Waals surface area contributed by atoms with Crippen LogP contribution in [0.5, 0.6) is 0 Å². The first kappa shape index (κ1) is 15.3. The van der Waals surface area contributed by atoms with Gasteiger partial charge in [0.25, 0.3) is 0 Å². The van der Waals surface area contributed by atoms with E-state index in [0.717, 1.165) is 26.1 Å². The number of hydrogen-bond acceptors (Lipinski definition) is 3. The average Bonchev–Trinajstić information content (AvgIpc) is 2.44. The van der Waals surface area contributed by atoms with E-state index in [0.29, 0.717) is 6.04 Å². The van der Waals surface area contributed by atoms with Gasteiger partial charge in [0.2, 0.25) is 0 Å². The van der Waals surface area contributed by atoms with Gasteiger partial charge in [0.05, 0.1) is 12.2 Å². The molecule has 1 saturated carbocycles. The van der Waals surface area contributed by atoms with E-state index in [2.05, 4.69) is 11.8 Å². The summed E-state index contributed by atoms with van der Waals surface area (Å²) in [4.78, 5) is 2.52. The van der Waals surface area contributed by atoms with E-state index in [4.69, 9.17) is 4.74 Å². The normalized spacial score (nSPS) is 27.0. The second kappa shape index (κ2) is 7.61. The molecule has 1 N–H and O–H groups in total. The van der Waals surface area contributed by atoms with Gasteiger partial charge < -0.3 is 9.84 Å². The summed E-state index contributed by atoms with van der Waals surface area (Å²) in [7, 11) is 0. The fourth-order valence-corrected chi connectivity index (χ4v) is 3.82. The second-order valence-corrected chi connectivity index (χ2v) is 6.35. The molecule has 1 heterocycles. The zero-order valence-corrected chi connectivity index (χ0v) is 12.6. The van der Waals surface area contributed by atoms with Crippen LogP contribution in [-0.4, -0.2) is 48.0 Å². The predicted octanol–water partition coefficient (Wildman–Crippen LogP) is 2.96. The van der Waals surface area contributed by atoms with Crippen molar-refractivity contribution in [3.05, 3.63) is 0 Å². The maximum absolute atomic E-state index is 9.30. The van der Waals surface area contributed by atoms with Crippen molar-refractivity contribution in [2.24, 2.45) is 0 Å². The molecule has 2 rings (SSSR count). The fourth-order valence-electron chi connectivity index (χ4n) is 3.82. The van der Waals surface area contributed by atoms with E-state index in [9.17, 15) is 5.11 Å². The molecular weight excluding hydrogens is 238 g/mol. The van der Waals surface area contributed by atoms with E-state index in [1.54, 1.807) is 0 Å². The summed E-state index contributed by atoms with van der Waals surface area (Å²) in [6, 6.07) is 0.630. The molecule has 1 unspecified atom stereocenters. The van der Waals surface area contributed by atoms with Crippen molar-refractivity contribution in [3.8, 4) is 0 Å². The molecule has 0 bridgehead atoms. The Kier molecular flexibility index (Phi) is 6.11. The lowest BCUT2D eigenvalue weighted by molar-refractivity contribution is -0.125. The lowest BCUT2D eigenvalue weighted by atomic mass is 9.78. The molecule has 0 radical (unpaired) electrons. The van der Waals surface area contributed by atoms with Gasteiger partial charge in [-0.15, -0.1) is 0 Å². The minimum absolute atomic E-state index is 0.182. The molecule has 2 aliphatic rings. The maximum Gasteiger partial charge on any atom is 0.0697 e. The van der Waals surface area contributed by atoms with Gasteiger partial charge in [0.15, 0.2) is 0 Å². The monoisotopic (exact) mass is 269 g/mol. The highest BCUT2D eigenvalue weighted by Crippen LogP contribution is 2.39. The van der Waals surface area contributed by atoms with E-state index in [1.165, 1.54) is 51.4 Å². The van der Waals surface area contributed by atoms with E-state index >= 15 is 0 Å². The standard InChI is InChI=1S/C16H31NO2/c1-2-3-10-17(11-12-18)15-7-13-19-16(14-15)8-5-4-6-9-16/h15,18H,2-14H2,1H3. The molecule has 1 aliphatic carbocycles. The van der Waals surface area contributed by atoms with Crippen molar-refractivity contribution < 1.29 is 9.84 Å². The third kappa shape index (κ3) is 4.17. The summed E-state index contributed by atoms with van der Waals surface area (Å²) in [6.45, 7) is 5.41. The van der Waals surface area contributed by atoms with Crippen LogP contribution in [0, 0.1) is 0 Å². The Labute approximate surface area is 118 Å². The summed E-state index contributed by atoms with van der Waals surface area (Å²) < 4.78 is 6.18. The molecule has 19 heavy (non-hydrogen) atoms. The van der Waals surface area contributed by atoms with E-state index < -0.39 is 0 Å². The van der Waals surface area contributed by atoms with E-state index in [1.807, 2.05) is 0 Å². The van der Waals surface area contributed by atoms with Crippen LogP contribution in [0.3, 0.4) is 0 Å². The topological polar surface area (TPSA) is 32.7 Å². The zero-order valence-electron chi connectivity index (χ0n) is 12.6. The van der Waals surface area contributed by atoms with Crippen LogP contribution in [0.25, 0.3) is 0 Å². The SMILES string of the molecule is CCCCN(CCO)C1CCOC2(CCCCC2)C1. The predicted molar refractivity (Wildman–Crippen MR) is 78.4 cm³/mol. The Morgan fingerprint density at radius 3 is 2.68 bits per heavy atom. The van der Waals surface area contributed by atoms with Crippen molar-refractivity contribution in [3.63, 3.8) is 0 Å². The van der Waals surface area contributed by atoms with Crippen LogP contribution in [0.2, 0.25) is 0 Å². The molecule has 1 saturated heterocycles. The van der Waals surface area contributed by atoms with Crippen LogP contribution < -0.4 is 0 Å². The second-order valence-electron chi connectivity index (χ2n) is 6.35. The van der Waals surface area contributed by atoms with Gasteiger partial charge >= 0.3 is 0 Å². The largest absolute Gasteiger partial charge is 0.395 e. The quantitative estimate of drug-likeness (QED) is 0.804. The Bertz CT molecular complexity index is 246. The average molecular weight is 269 g/mol. The highest BCUT2D eigenvalue weighted by molar-refractivity contribution is 4.92. The van der Waals surface area contributed by atoms with Gasteiger partial charge in [-0.05, 0) is 38.6 Å². The summed E-state index contributed by atoms with van der Waals surface area (Å²) in [6.07, 6.45) is 11.4. The van der Waals surface area contributed by atoms with Gasteiger partial charge in [-0.25, -0.2) is 0 Å². The van der Waals surface area contributed by atoms with Gasteiger partial charge in [-0.3, -0.25) is 4.90 Å². The Balaban J connectivity index is 1.93. The van der Waals surface area contributed by atoms with Crippen LogP contribution in [0.1, 0.15) is 64.7 Å². The number of hydrogen-bond donors (Lipinski definition) is 1. The lowest BCUT2D eigenvalue weighted by Gasteiger charge is -2.46. The number of aliphatic hydroxyl groups is 1. The highest BCUT2D eigenvalue weighted by atomic mass is 16.5. The molecule has 0 amide bonds.